The summed E-state index contributed by atoms with van der Waals surface area (Å²) in [4.78, 5) is 26.2. The lowest BCUT2D eigenvalue weighted by atomic mass is 10.1. The number of benzene rings is 1. The number of carbonyl (C=O) groups excluding carboxylic acids is 2. The average molecular weight is 422 g/mol. The number of thiophene rings is 1. The first-order valence-corrected chi connectivity index (χ1v) is 9.50. The van der Waals surface area contributed by atoms with Gasteiger partial charge in [0.2, 0.25) is 5.91 Å². The molecule has 150 valence electrons. The van der Waals surface area contributed by atoms with Crippen LogP contribution in [-0.2, 0) is 11.8 Å². The second-order valence-corrected chi connectivity index (χ2v) is 7.53. The SMILES string of the molecule is Cc1nn(C)c2sc(C(=O)NC(C)C(=O)NCC(N)c3ccccc3)cc12.Cl. The number of hydrogen-bond donors (Lipinski definition) is 3. The Morgan fingerprint density at radius 1 is 1.29 bits per heavy atom. The third-order valence-electron chi connectivity index (χ3n) is 4.38. The topological polar surface area (TPSA) is 102 Å². The van der Waals surface area contributed by atoms with Crippen molar-refractivity contribution in [3.8, 4) is 0 Å². The fourth-order valence-corrected chi connectivity index (χ4v) is 3.86. The Morgan fingerprint density at radius 2 is 1.96 bits per heavy atom. The van der Waals surface area contributed by atoms with E-state index >= 15 is 0 Å². The van der Waals surface area contributed by atoms with Crippen molar-refractivity contribution in [2.75, 3.05) is 6.54 Å². The molecule has 2 aromatic heterocycles. The van der Waals surface area contributed by atoms with Crippen molar-refractivity contribution in [2.24, 2.45) is 12.8 Å². The molecule has 3 aromatic rings. The maximum absolute atomic E-state index is 12.5. The van der Waals surface area contributed by atoms with E-state index in [1.54, 1.807) is 11.6 Å². The van der Waals surface area contributed by atoms with E-state index in [2.05, 4.69) is 15.7 Å². The van der Waals surface area contributed by atoms with Crippen LogP contribution in [0.1, 0.15) is 33.9 Å². The maximum atomic E-state index is 12.5. The minimum absolute atomic E-state index is 0. The molecule has 0 bridgehead atoms. The lowest BCUT2D eigenvalue weighted by Crippen LogP contribution is -2.46. The minimum atomic E-state index is -0.662. The molecule has 0 radical (unpaired) electrons. The molecular weight excluding hydrogens is 398 g/mol. The monoisotopic (exact) mass is 421 g/mol. The zero-order valence-electron chi connectivity index (χ0n) is 15.9. The number of hydrogen-bond acceptors (Lipinski definition) is 5. The summed E-state index contributed by atoms with van der Waals surface area (Å²) >= 11 is 1.36. The molecule has 2 amide bonds. The minimum Gasteiger partial charge on any atom is -0.352 e. The summed E-state index contributed by atoms with van der Waals surface area (Å²) in [5.74, 6) is -0.542. The fourth-order valence-electron chi connectivity index (χ4n) is 2.83. The molecule has 9 heteroatoms. The lowest BCUT2D eigenvalue weighted by Gasteiger charge is -2.17. The highest BCUT2D eigenvalue weighted by molar-refractivity contribution is 7.20. The van der Waals surface area contributed by atoms with Crippen LogP contribution >= 0.6 is 23.7 Å². The number of amides is 2. The van der Waals surface area contributed by atoms with E-state index in [1.807, 2.05) is 50.4 Å². The molecular formula is C19H24ClN5O2S. The van der Waals surface area contributed by atoms with Crippen LogP contribution in [0.4, 0.5) is 0 Å². The normalized spacial score (nSPS) is 12.9. The molecule has 1 aromatic carbocycles. The summed E-state index contributed by atoms with van der Waals surface area (Å²) in [6.07, 6.45) is 0. The summed E-state index contributed by atoms with van der Waals surface area (Å²) in [6, 6.07) is 10.4. The van der Waals surface area contributed by atoms with Gasteiger partial charge in [0.15, 0.2) is 0 Å². The third kappa shape index (κ3) is 4.70. The maximum Gasteiger partial charge on any atom is 0.262 e. The van der Waals surface area contributed by atoms with Gasteiger partial charge in [-0.15, -0.1) is 23.7 Å². The van der Waals surface area contributed by atoms with Crippen LogP contribution in [0.3, 0.4) is 0 Å². The molecule has 28 heavy (non-hydrogen) atoms. The van der Waals surface area contributed by atoms with Gasteiger partial charge < -0.3 is 16.4 Å². The second-order valence-electron chi connectivity index (χ2n) is 6.50. The van der Waals surface area contributed by atoms with Gasteiger partial charge in [-0.25, -0.2) is 0 Å². The molecule has 0 spiro atoms. The van der Waals surface area contributed by atoms with Crippen molar-refractivity contribution in [3.05, 3.63) is 52.5 Å². The number of carbonyl (C=O) groups is 2. The van der Waals surface area contributed by atoms with Crippen molar-refractivity contribution in [1.29, 1.82) is 0 Å². The molecule has 0 aliphatic carbocycles. The highest BCUT2D eigenvalue weighted by atomic mass is 35.5. The number of nitrogens with one attached hydrogen (secondary N) is 2. The molecule has 0 aliphatic rings. The zero-order chi connectivity index (χ0) is 19.6. The molecule has 0 fully saturated rings. The van der Waals surface area contributed by atoms with E-state index in [9.17, 15) is 9.59 Å². The number of nitrogens with two attached hydrogens (primary N) is 1. The number of halogens is 1. The van der Waals surface area contributed by atoms with E-state index in [4.69, 9.17) is 5.73 Å². The Labute approximate surface area is 173 Å². The van der Waals surface area contributed by atoms with Gasteiger partial charge in [-0.1, -0.05) is 30.3 Å². The molecule has 3 rings (SSSR count). The Morgan fingerprint density at radius 3 is 2.61 bits per heavy atom. The van der Waals surface area contributed by atoms with Gasteiger partial charge in [0, 0.05) is 25.0 Å². The Balaban J connectivity index is 0.00000280. The van der Waals surface area contributed by atoms with Crippen LogP contribution in [0.25, 0.3) is 10.2 Å². The number of aromatic nitrogens is 2. The van der Waals surface area contributed by atoms with Crippen LogP contribution in [-0.4, -0.2) is 34.2 Å². The van der Waals surface area contributed by atoms with Crippen LogP contribution < -0.4 is 16.4 Å². The standard InChI is InChI=1S/C19H23N5O2S.ClH/c1-11-14-9-16(27-19(14)24(3)23-11)18(26)22-12(2)17(25)21-10-15(20)13-7-5-4-6-8-13;/h4-9,12,15H,10,20H2,1-3H3,(H,21,25)(H,22,26);1H. The number of aryl methyl sites for hydroxylation is 2. The van der Waals surface area contributed by atoms with Crippen LogP contribution in [0.15, 0.2) is 36.4 Å². The average Bonchev–Trinajstić information content (AvgIpc) is 3.21. The smallest absolute Gasteiger partial charge is 0.262 e. The highest BCUT2D eigenvalue weighted by Gasteiger charge is 2.20. The first kappa shape index (κ1) is 21.9. The molecule has 2 unspecified atom stereocenters. The van der Waals surface area contributed by atoms with Gasteiger partial charge in [-0.05, 0) is 25.5 Å². The van der Waals surface area contributed by atoms with Crippen LogP contribution in [0.5, 0.6) is 0 Å². The van der Waals surface area contributed by atoms with Gasteiger partial charge in [0.25, 0.3) is 5.91 Å². The predicted octanol–water partition coefficient (Wildman–Crippen LogP) is 2.30. The molecule has 0 saturated heterocycles. The van der Waals surface area contributed by atoms with Crippen LogP contribution in [0, 0.1) is 6.92 Å². The number of rotatable bonds is 6. The number of fused-ring (bicyclic) bond motifs is 1. The van der Waals surface area contributed by atoms with Gasteiger partial charge in [-0.2, -0.15) is 5.10 Å². The van der Waals surface area contributed by atoms with Gasteiger partial charge >= 0.3 is 0 Å². The predicted molar refractivity (Wildman–Crippen MR) is 114 cm³/mol. The fraction of sp³-hybridized carbons (Fsp3) is 0.316. The lowest BCUT2D eigenvalue weighted by molar-refractivity contribution is -0.122. The zero-order valence-corrected chi connectivity index (χ0v) is 17.6. The highest BCUT2D eigenvalue weighted by Crippen LogP contribution is 2.27. The summed E-state index contributed by atoms with van der Waals surface area (Å²) in [6.45, 7) is 3.86. The van der Waals surface area contributed by atoms with Crippen molar-refractivity contribution < 1.29 is 9.59 Å². The quantitative estimate of drug-likeness (QED) is 0.568. The van der Waals surface area contributed by atoms with Crippen molar-refractivity contribution >= 4 is 45.8 Å². The van der Waals surface area contributed by atoms with E-state index in [0.717, 1.165) is 21.5 Å². The largest absolute Gasteiger partial charge is 0.352 e. The number of nitrogens with zero attached hydrogens (tertiary/aromatic N) is 2. The van der Waals surface area contributed by atoms with E-state index in [1.165, 1.54) is 11.3 Å². The second kappa shape index (κ2) is 9.18. The Bertz CT molecular complexity index is 935. The van der Waals surface area contributed by atoms with Crippen molar-refractivity contribution in [1.82, 2.24) is 20.4 Å². The molecule has 0 aliphatic heterocycles. The third-order valence-corrected chi connectivity index (χ3v) is 5.59. The molecule has 0 saturated carbocycles. The van der Waals surface area contributed by atoms with Crippen molar-refractivity contribution in [3.63, 3.8) is 0 Å². The van der Waals surface area contributed by atoms with Gasteiger partial charge in [-0.3, -0.25) is 14.3 Å². The first-order valence-electron chi connectivity index (χ1n) is 8.69. The summed E-state index contributed by atoms with van der Waals surface area (Å²) in [7, 11) is 1.85. The summed E-state index contributed by atoms with van der Waals surface area (Å²) < 4.78 is 1.76. The van der Waals surface area contributed by atoms with Crippen molar-refractivity contribution in [2.45, 2.75) is 25.9 Å². The Hall–Kier alpha value is -2.42. The molecule has 2 atom stereocenters. The first-order chi connectivity index (χ1) is 12.9. The molecule has 7 nitrogen and oxygen atoms in total. The Kier molecular flexibility index (Phi) is 7.17. The molecule has 4 N–H and O–H groups in total. The van der Waals surface area contributed by atoms with E-state index < -0.39 is 6.04 Å². The molecule has 2 heterocycles. The van der Waals surface area contributed by atoms with Crippen LogP contribution in [0.2, 0.25) is 0 Å². The van der Waals surface area contributed by atoms with E-state index in [-0.39, 0.29) is 30.3 Å². The summed E-state index contributed by atoms with van der Waals surface area (Å²) in [5, 5.41) is 10.8. The van der Waals surface area contributed by atoms with E-state index in [0.29, 0.717) is 11.4 Å². The van der Waals surface area contributed by atoms with Gasteiger partial charge in [0.05, 0.1) is 10.6 Å². The summed E-state index contributed by atoms with van der Waals surface area (Å²) in [5.41, 5.74) is 7.91. The van der Waals surface area contributed by atoms with Gasteiger partial charge in [0.1, 0.15) is 10.9 Å².